The number of benzene rings is 2. The van der Waals surface area contributed by atoms with Gasteiger partial charge in [0.15, 0.2) is 34.5 Å². The van der Waals surface area contributed by atoms with Crippen molar-refractivity contribution in [2.75, 3.05) is 13.4 Å². The number of amides is 1. The zero-order valence-corrected chi connectivity index (χ0v) is 14.0. The van der Waals surface area contributed by atoms with E-state index < -0.39 is 11.7 Å². The standard InChI is InChI=1S/C17H13FN2O4S/c1-20-11-6-13-14(24-9-23-13)7-15(11)25-17(20)19-16(21)8-22-12-5-3-2-4-10(12)18/h2-7H,8-9H2,1H3. The number of nitrogens with zero attached hydrogens (tertiary/aromatic N) is 2. The van der Waals surface area contributed by atoms with Crippen LogP contribution in [-0.4, -0.2) is 23.9 Å². The minimum atomic E-state index is -0.516. The summed E-state index contributed by atoms with van der Waals surface area (Å²) in [7, 11) is 1.81. The molecule has 1 aromatic heterocycles. The molecule has 3 aromatic rings. The van der Waals surface area contributed by atoms with Gasteiger partial charge in [0.05, 0.1) is 10.2 Å². The van der Waals surface area contributed by atoms with Crippen LogP contribution in [0, 0.1) is 5.82 Å². The van der Waals surface area contributed by atoms with Crippen LogP contribution in [0.3, 0.4) is 0 Å². The predicted octanol–water partition coefficient (Wildman–Crippen LogP) is 2.61. The molecule has 0 atom stereocenters. The zero-order chi connectivity index (χ0) is 17.4. The Balaban J connectivity index is 1.59. The fraction of sp³-hybridized carbons (Fsp3) is 0.176. The maximum absolute atomic E-state index is 13.5. The fourth-order valence-corrected chi connectivity index (χ4v) is 3.51. The van der Waals surface area contributed by atoms with Gasteiger partial charge in [0.2, 0.25) is 6.79 Å². The van der Waals surface area contributed by atoms with Gasteiger partial charge in [-0.15, -0.1) is 0 Å². The van der Waals surface area contributed by atoms with Gasteiger partial charge in [-0.25, -0.2) is 4.39 Å². The Morgan fingerprint density at radius 1 is 1.32 bits per heavy atom. The van der Waals surface area contributed by atoms with E-state index >= 15 is 0 Å². The van der Waals surface area contributed by atoms with Gasteiger partial charge in [-0.1, -0.05) is 23.5 Å². The number of para-hydroxylation sites is 1. The third-order valence-corrected chi connectivity index (χ3v) is 4.81. The van der Waals surface area contributed by atoms with Gasteiger partial charge in [0.25, 0.3) is 5.91 Å². The van der Waals surface area contributed by atoms with Gasteiger partial charge in [0.1, 0.15) is 0 Å². The van der Waals surface area contributed by atoms with E-state index in [4.69, 9.17) is 14.2 Å². The van der Waals surface area contributed by atoms with E-state index in [2.05, 4.69) is 4.99 Å². The molecule has 0 N–H and O–H groups in total. The van der Waals surface area contributed by atoms with Crippen LogP contribution in [0.15, 0.2) is 41.4 Å². The molecule has 0 bridgehead atoms. The number of fused-ring (bicyclic) bond motifs is 2. The first-order valence-electron chi connectivity index (χ1n) is 7.46. The molecule has 0 saturated heterocycles. The monoisotopic (exact) mass is 360 g/mol. The largest absolute Gasteiger partial charge is 0.481 e. The van der Waals surface area contributed by atoms with Gasteiger partial charge in [0, 0.05) is 19.2 Å². The highest BCUT2D eigenvalue weighted by Gasteiger charge is 2.17. The van der Waals surface area contributed by atoms with E-state index in [1.165, 1.54) is 23.5 Å². The average molecular weight is 360 g/mol. The molecular formula is C17H13FN2O4S. The van der Waals surface area contributed by atoms with Crippen LogP contribution in [0.5, 0.6) is 17.2 Å². The molecule has 8 heteroatoms. The second-order valence-corrected chi connectivity index (χ2v) is 6.35. The van der Waals surface area contributed by atoms with E-state index in [0.717, 1.165) is 10.2 Å². The number of aromatic nitrogens is 1. The highest BCUT2D eigenvalue weighted by atomic mass is 32.1. The summed E-state index contributed by atoms with van der Waals surface area (Å²) in [6.07, 6.45) is 0. The lowest BCUT2D eigenvalue weighted by Crippen LogP contribution is -2.17. The molecular weight excluding hydrogens is 347 g/mol. The topological polar surface area (TPSA) is 62.1 Å². The summed E-state index contributed by atoms with van der Waals surface area (Å²) in [6.45, 7) is -0.128. The summed E-state index contributed by atoms with van der Waals surface area (Å²) in [5.74, 6) is 0.358. The quantitative estimate of drug-likeness (QED) is 0.720. The number of halogens is 1. The molecule has 128 valence electrons. The summed E-state index contributed by atoms with van der Waals surface area (Å²) in [5, 5.41) is 0. The van der Waals surface area contributed by atoms with E-state index in [-0.39, 0.29) is 19.1 Å². The van der Waals surface area contributed by atoms with Crippen molar-refractivity contribution < 1.29 is 23.4 Å². The number of aryl methyl sites for hydroxylation is 1. The highest BCUT2D eigenvalue weighted by Crippen LogP contribution is 2.36. The second-order valence-electron chi connectivity index (χ2n) is 5.34. The number of ether oxygens (including phenoxy) is 3. The maximum atomic E-state index is 13.5. The minimum Gasteiger partial charge on any atom is -0.481 e. The van der Waals surface area contributed by atoms with Crippen molar-refractivity contribution in [3.63, 3.8) is 0 Å². The number of rotatable bonds is 3. The molecule has 4 rings (SSSR count). The fourth-order valence-electron chi connectivity index (χ4n) is 2.46. The van der Waals surface area contributed by atoms with E-state index in [0.29, 0.717) is 16.3 Å². The number of carbonyl (C=O) groups is 1. The Hall–Kier alpha value is -2.87. The molecule has 6 nitrogen and oxygen atoms in total. The Bertz CT molecular complexity index is 1040. The molecule has 0 radical (unpaired) electrons. The zero-order valence-electron chi connectivity index (χ0n) is 13.2. The van der Waals surface area contributed by atoms with Crippen LogP contribution in [0.1, 0.15) is 0 Å². The third-order valence-electron chi connectivity index (χ3n) is 3.71. The second kappa shape index (κ2) is 6.21. The van der Waals surface area contributed by atoms with Crippen LogP contribution in [0.25, 0.3) is 10.2 Å². The lowest BCUT2D eigenvalue weighted by atomic mass is 10.3. The Labute approximate surface area is 145 Å². The smallest absolute Gasteiger partial charge is 0.286 e. The molecule has 1 aliphatic rings. The normalized spacial score (nSPS) is 13.4. The average Bonchev–Trinajstić information content (AvgIpc) is 3.17. The van der Waals surface area contributed by atoms with Crippen LogP contribution < -0.4 is 19.0 Å². The van der Waals surface area contributed by atoms with Gasteiger partial charge in [-0.3, -0.25) is 4.79 Å². The Morgan fingerprint density at radius 2 is 2.08 bits per heavy atom. The van der Waals surface area contributed by atoms with Gasteiger partial charge >= 0.3 is 0 Å². The molecule has 0 aliphatic carbocycles. The van der Waals surface area contributed by atoms with Crippen molar-refractivity contribution in [3.05, 3.63) is 47.0 Å². The number of carbonyl (C=O) groups excluding carboxylic acids is 1. The van der Waals surface area contributed by atoms with Crippen LogP contribution >= 0.6 is 11.3 Å². The first kappa shape index (κ1) is 15.6. The van der Waals surface area contributed by atoms with Gasteiger partial charge in [-0.05, 0) is 12.1 Å². The van der Waals surface area contributed by atoms with Gasteiger partial charge in [-0.2, -0.15) is 4.99 Å². The first-order chi connectivity index (χ1) is 12.1. The van der Waals surface area contributed by atoms with Crippen molar-refractivity contribution in [2.24, 2.45) is 12.0 Å². The van der Waals surface area contributed by atoms with Crippen molar-refractivity contribution in [3.8, 4) is 17.2 Å². The van der Waals surface area contributed by atoms with E-state index in [9.17, 15) is 9.18 Å². The Morgan fingerprint density at radius 3 is 2.88 bits per heavy atom. The Kier molecular flexibility index (Phi) is 3.89. The summed E-state index contributed by atoms with van der Waals surface area (Å²) < 4.78 is 32.1. The highest BCUT2D eigenvalue weighted by molar-refractivity contribution is 7.16. The molecule has 1 aliphatic heterocycles. The summed E-state index contributed by atoms with van der Waals surface area (Å²) in [6, 6.07) is 9.64. The van der Waals surface area contributed by atoms with Crippen LogP contribution in [0.2, 0.25) is 0 Å². The third kappa shape index (κ3) is 2.96. The molecule has 0 unspecified atom stereocenters. The minimum absolute atomic E-state index is 0.0255. The molecule has 2 aromatic carbocycles. The predicted molar refractivity (Wildman–Crippen MR) is 89.4 cm³/mol. The summed E-state index contributed by atoms with van der Waals surface area (Å²) >= 11 is 1.35. The maximum Gasteiger partial charge on any atom is 0.286 e. The molecule has 2 heterocycles. The number of hydrogen-bond acceptors (Lipinski definition) is 5. The van der Waals surface area contributed by atoms with Crippen molar-refractivity contribution in [1.29, 1.82) is 0 Å². The summed E-state index contributed by atoms with van der Waals surface area (Å²) in [4.78, 5) is 16.6. The molecule has 0 saturated carbocycles. The van der Waals surface area contributed by atoms with Crippen molar-refractivity contribution >= 4 is 27.5 Å². The molecule has 0 spiro atoms. The number of hydrogen-bond donors (Lipinski definition) is 0. The molecule has 1 amide bonds. The van der Waals surface area contributed by atoms with E-state index in [1.807, 2.05) is 19.2 Å². The molecule has 25 heavy (non-hydrogen) atoms. The van der Waals surface area contributed by atoms with Crippen molar-refractivity contribution in [1.82, 2.24) is 4.57 Å². The SMILES string of the molecule is Cn1c(=NC(=O)COc2ccccc2F)sc2cc3c(cc21)OCO3. The van der Waals surface area contributed by atoms with Crippen molar-refractivity contribution in [2.45, 2.75) is 0 Å². The summed E-state index contributed by atoms with van der Waals surface area (Å²) in [5.41, 5.74) is 0.885. The first-order valence-corrected chi connectivity index (χ1v) is 8.27. The van der Waals surface area contributed by atoms with Crippen LogP contribution in [-0.2, 0) is 11.8 Å². The van der Waals surface area contributed by atoms with E-state index in [1.54, 1.807) is 16.7 Å². The van der Waals surface area contributed by atoms with Crippen LogP contribution in [0.4, 0.5) is 4.39 Å². The lowest BCUT2D eigenvalue weighted by molar-refractivity contribution is -0.120. The molecule has 0 fully saturated rings. The lowest BCUT2D eigenvalue weighted by Gasteiger charge is -2.03. The van der Waals surface area contributed by atoms with Gasteiger partial charge < -0.3 is 18.8 Å². The number of thiazole rings is 1.